The normalized spacial score (nSPS) is 15.4. The van der Waals surface area contributed by atoms with Crippen LogP contribution in [0.5, 0.6) is 0 Å². The number of anilines is 1. The largest absolute Gasteiger partial charge is 0.363 e. The van der Waals surface area contributed by atoms with Gasteiger partial charge in [0.2, 0.25) is 0 Å². The number of aryl methyl sites for hydroxylation is 1. The van der Waals surface area contributed by atoms with Gasteiger partial charge in [-0.1, -0.05) is 12.1 Å². The quantitative estimate of drug-likeness (QED) is 0.262. The van der Waals surface area contributed by atoms with E-state index in [-0.39, 0.29) is 24.0 Å². The molecule has 1 saturated heterocycles. The predicted molar refractivity (Wildman–Crippen MR) is 136 cm³/mol. The first-order valence-corrected chi connectivity index (χ1v) is 10.9. The van der Waals surface area contributed by atoms with Gasteiger partial charge in [0.05, 0.1) is 5.00 Å². The van der Waals surface area contributed by atoms with Crippen LogP contribution in [0.2, 0.25) is 0 Å². The average molecular weight is 523 g/mol. The minimum absolute atomic E-state index is 0. The highest BCUT2D eigenvalue weighted by Crippen LogP contribution is 2.25. The third-order valence-electron chi connectivity index (χ3n) is 5.56. The Morgan fingerprint density at radius 3 is 2.79 bits per heavy atom. The van der Waals surface area contributed by atoms with E-state index in [9.17, 15) is 0 Å². The third kappa shape index (κ3) is 5.25. The van der Waals surface area contributed by atoms with Gasteiger partial charge in [0.15, 0.2) is 5.96 Å². The van der Waals surface area contributed by atoms with Crippen LogP contribution in [0.1, 0.15) is 24.0 Å². The van der Waals surface area contributed by atoms with Crippen molar-refractivity contribution < 1.29 is 0 Å². The molecule has 0 spiro atoms. The van der Waals surface area contributed by atoms with Gasteiger partial charge in [-0.3, -0.25) is 4.99 Å². The fourth-order valence-electron chi connectivity index (χ4n) is 4.05. The number of fused-ring (bicyclic) bond motifs is 1. The second kappa shape index (κ2) is 10.3. The lowest BCUT2D eigenvalue weighted by molar-refractivity contribution is 0.463. The summed E-state index contributed by atoms with van der Waals surface area (Å²) in [5.74, 6) is 0.908. The number of halogens is 1. The maximum Gasteiger partial charge on any atom is 0.191 e. The smallest absolute Gasteiger partial charge is 0.191 e. The van der Waals surface area contributed by atoms with Crippen LogP contribution in [0.4, 0.5) is 5.00 Å². The zero-order chi connectivity index (χ0) is 19.3. The number of thiophene rings is 1. The fraction of sp³-hybridized carbons (Fsp3) is 0.409. The Hall–Kier alpha value is -1.74. The van der Waals surface area contributed by atoms with Gasteiger partial charge in [-0.2, -0.15) is 0 Å². The summed E-state index contributed by atoms with van der Waals surface area (Å²) < 4.78 is 0. The molecule has 1 aliphatic heterocycles. The molecule has 7 heteroatoms. The molecule has 0 unspecified atom stereocenters. The van der Waals surface area contributed by atoms with E-state index in [0.29, 0.717) is 6.04 Å². The molecule has 29 heavy (non-hydrogen) atoms. The number of aromatic nitrogens is 1. The zero-order valence-corrected chi connectivity index (χ0v) is 20.2. The Kier molecular flexibility index (Phi) is 7.83. The number of hydrogen-bond acceptors (Lipinski definition) is 3. The summed E-state index contributed by atoms with van der Waals surface area (Å²) in [6.07, 6.45) is 5.39. The number of nitrogens with one attached hydrogen (secondary N) is 3. The highest BCUT2D eigenvalue weighted by atomic mass is 127. The van der Waals surface area contributed by atoms with Gasteiger partial charge < -0.3 is 20.5 Å². The number of piperidine rings is 1. The Balaban J connectivity index is 0.00000240. The minimum atomic E-state index is 0. The fourth-order valence-corrected chi connectivity index (χ4v) is 4.83. The van der Waals surface area contributed by atoms with Crippen LogP contribution < -0.4 is 15.5 Å². The first-order valence-electron chi connectivity index (χ1n) is 10.1. The van der Waals surface area contributed by atoms with E-state index in [1.807, 2.05) is 18.4 Å². The molecule has 3 N–H and O–H groups in total. The summed E-state index contributed by atoms with van der Waals surface area (Å²) >= 11 is 1.83. The van der Waals surface area contributed by atoms with Crippen molar-refractivity contribution >= 4 is 57.2 Å². The number of H-pyrrole nitrogens is 1. The SMILES string of the molecule is CN=C(NCCc1c[nH]c2cccc(C)c12)NC1CCN(c2cccs2)CC1.I. The Labute approximate surface area is 194 Å². The number of hydrogen-bond donors (Lipinski definition) is 3. The summed E-state index contributed by atoms with van der Waals surface area (Å²) in [5.41, 5.74) is 3.91. The lowest BCUT2D eigenvalue weighted by atomic mass is 10.1. The molecule has 0 amide bonds. The number of guanidine groups is 1. The summed E-state index contributed by atoms with van der Waals surface area (Å²) in [6.45, 7) is 5.25. The van der Waals surface area contributed by atoms with Crippen LogP contribution in [0.3, 0.4) is 0 Å². The van der Waals surface area contributed by atoms with E-state index in [2.05, 4.69) is 74.3 Å². The summed E-state index contributed by atoms with van der Waals surface area (Å²) in [5, 5.41) is 12.0. The molecule has 0 bridgehead atoms. The van der Waals surface area contributed by atoms with E-state index in [1.54, 1.807) is 0 Å². The second-order valence-corrected chi connectivity index (χ2v) is 8.34. The van der Waals surface area contributed by atoms with Crippen molar-refractivity contribution in [1.82, 2.24) is 15.6 Å². The van der Waals surface area contributed by atoms with Gasteiger partial charge in [-0.05, 0) is 60.9 Å². The second-order valence-electron chi connectivity index (χ2n) is 7.42. The Morgan fingerprint density at radius 1 is 1.24 bits per heavy atom. The van der Waals surface area contributed by atoms with Crippen molar-refractivity contribution in [2.24, 2.45) is 4.99 Å². The molecule has 0 aliphatic carbocycles. The average Bonchev–Trinajstić information content (AvgIpc) is 3.39. The lowest BCUT2D eigenvalue weighted by Gasteiger charge is -2.33. The molecule has 5 nitrogen and oxygen atoms in total. The summed E-state index contributed by atoms with van der Waals surface area (Å²) in [4.78, 5) is 10.3. The number of aliphatic imine (C=N–C) groups is 1. The molecule has 3 heterocycles. The molecule has 4 rings (SSSR count). The predicted octanol–water partition coefficient (Wildman–Crippen LogP) is 4.53. The topological polar surface area (TPSA) is 55.5 Å². The van der Waals surface area contributed by atoms with Crippen LogP contribution in [0.25, 0.3) is 10.9 Å². The number of rotatable bonds is 5. The monoisotopic (exact) mass is 523 g/mol. The van der Waals surface area contributed by atoms with E-state index in [1.165, 1.54) is 27.0 Å². The van der Waals surface area contributed by atoms with Crippen molar-refractivity contribution in [3.05, 3.63) is 53.0 Å². The van der Waals surface area contributed by atoms with Gasteiger partial charge in [-0.25, -0.2) is 0 Å². The molecule has 2 aromatic heterocycles. The first kappa shape index (κ1) is 22.0. The molecular weight excluding hydrogens is 493 g/mol. The Bertz CT molecular complexity index is 926. The van der Waals surface area contributed by atoms with Gasteiger partial charge in [0.25, 0.3) is 0 Å². The van der Waals surface area contributed by atoms with Gasteiger partial charge >= 0.3 is 0 Å². The van der Waals surface area contributed by atoms with Crippen molar-refractivity contribution in [1.29, 1.82) is 0 Å². The molecule has 0 atom stereocenters. The molecule has 1 aliphatic rings. The van der Waals surface area contributed by atoms with E-state index >= 15 is 0 Å². The first-order chi connectivity index (χ1) is 13.7. The molecular formula is C22H30IN5S. The number of nitrogens with zero attached hydrogens (tertiary/aromatic N) is 2. The van der Waals surface area contributed by atoms with Crippen molar-refractivity contribution in [3.8, 4) is 0 Å². The molecule has 156 valence electrons. The highest BCUT2D eigenvalue weighted by molar-refractivity contribution is 14.0. The standard InChI is InChI=1S/C22H29N5S.HI/c1-16-5-3-6-19-21(16)17(15-25-19)8-11-24-22(23-2)26-18-9-12-27(13-10-18)20-7-4-14-28-20;/h3-7,14-15,18,25H,8-13H2,1-2H3,(H2,23,24,26);1H. The highest BCUT2D eigenvalue weighted by Gasteiger charge is 2.20. The zero-order valence-electron chi connectivity index (χ0n) is 17.1. The van der Waals surface area contributed by atoms with Crippen molar-refractivity contribution in [2.75, 3.05) is 31.6 Å². The van der Waals surface area contributed by atoms with Crippen molar-refractivity contribution in [3.63, 3.8) is 0 Å². The summed E-state index contributed by atoms with van der Waals surface area (Å²) in [7, 11) is 1.85. The molecule has 0 radical (unpaired) electrons. The van der Waals surface area contributed by atoms with E-state index in [4.69, 9.17) is 0 Å². The molecule has 1 aromatic carbocycles. The van der Waals surface area contributed by atoms with Crippen LogP contribution >= 0.6 is 35.3 Å². The van der Waals surface area contributed by atoms with E-state index in [0.717, 1.165) is 44.9 Å². The maximum absolute atomic E-state index is 4.42. The summed E-state index contributed by atoms with van der Waals surface area (Å²) in [6, 6.07) is 11.2. The third-order valence-corrected chi connectivity index (χ3v) is 6.49. The van der Waals surface area contributed by atoms with Crippen molar-refractivity contribution in [2.45, 2.75) is 32.2 Å². The minimum Gasteiger partial charge on any atom is -0.363 e. The van der Waals surface area contributed by atoms with Crippen LogP contribution in [-0.4, -0.2) is 43.7 Å². The lowest BCUT2D eigenvalue weighted by Crippen LogP contribution is -2.49. The number of aromatic amines is 1. The van der Waals surface area contributed by atoms with Crippen LogP contribution in [-0.2, 0) is 6.42 Å². The molecule has 0 saturated carbocycles. The van der Waals surface area contributed by atoms with Gasteiger partial charge in [0.1, 0.15) is 0 Å². The van der Waals surface area contributed by atoms with Gasteiger partial charge in [-0.15, -0.1) is 35.3 Å². The molecule has 1 fully saturated rings. The number of benzene rings is 1. The van der Waals surface area contributed by atoms with E-state index < -0.39 is 0 Å². The van der Waals surface area contributed by atoms with Crippen LogP contribution in [0.15, 0.2) is 46.9 Å². The Morgan fingerprint density at radius 2 is 2.07 bits per heavy atom. The maximum atomic E-state index is 4.42. The molecule has 3 aromatic rings. The van der Waals surface area contributed by atoms with Gasteiger partial charge in [0, 0.05) is 49.8 Å². The van der Waals surface area contributed by atoms with Crippen LogP contribution in [0, 0.1) is 6.92 Å².